The van der Waals surface area contributed by atoms with Crippen molar-refractivity contribution in [2.75, 3.05) is 20.3 Å². The van der Waals surface area contributed by atoms with Gasteiger partial charge in [-0.25, -0.2) is 0 Å². The second-order valence-corrected chi connectivity index (χ2v) is 6.94. The number of carbonyl (C=O) groups is 2. The molecule has 2 aromatic carbocycles. The summed E-state index contributed by atoms with van der Waals surface area (Å²) in [6.07, 6.45) is 0.793. The maximum Gasteiger partial charge on any atom is 0.323 e. The van der Waals surface area contributed by atoms with Gasteiger partial charge in [-0.3, -0.25) is 9.59 Å². The molecule has 6 heteroatoms. The fourth-order valence-corrected chi connectivity index (χ4v) is 2.77. The summed E-state index contributed by atoms with van der Waals surface area (Å²) >= 11 is 0. The molecule has 0 fully saturated rings. The quantitative estimate of drug-likeness (QED) is 0.524. The Balaban J connectivity index is 1.87. The summed E-state index contributed by atoms with van der Waals surface area (Å²) in [5, 5.41) is 2.05. The lowest BCUT2D eigenvalue weighted by Crippen LogP contribution is -2.38. The molecule has 0 amide bonds. The molecule has 3 atom stereocenters. The normalized spacial score (nSPS) is 14.2. The second kappa shape index (κ2) is 10.1. The minimum Gasteiger partial charge on any atom is -0.497 e. The third-order valence-electron chi connectivity index (χ3n) is 5.03. The van der Waals surface area contributed by atoms with Crippen LogP contribution in [0, 0.1) is 5.92 Å². The molecule has 0 saturated heterocycles. The zero-order valence-electron chi connectivity index (χ0n) is 16.9. The van der Waals surface area contributed by atoms with E-state index in [1.165, 1.54) is 0 Å². The summed E-state index contributed by atoms with van der Waals surface area (Å²) in [5.41, 5.74) is 6.67. The van der Waals surface area contributed by atoms with Gasteiger partial charge in [0.2, 0.25) is 0 Å². The number of methoxy groups -OCH3 is 1. The summed E-state index contributed by atoms with van der Waals surface area (Å²) in [5.74, 6) is -0.429. The number of carbonyl (C=O) groups excluding carboxylic acids is 2. The molecule has 0 saturated carbocycles. The van der Waals surface area contributed by atoms with Gasteiger partial charge in [0.05, 0.1) is 13.0 Å². The first-order chi connectivity index (χ1) is 13.4. The van der Waals surface area contributed by atoms with E-state index in [0.29, 0.717) is 0 Å². The third kappa shape index (κ3) is 5.45. The Labute approximate surface area is 165 Å². The van der Waals surface area contributed by atoms with Crippen LogP contribution in [-0.2, 0) is 19.1 Å². The number of fused-ring (bicyclic) bond motifs is 1. The van der Waals surface area contributed by atoms with Gasteiger partial charge < -0.3 is 19.9 Å². The van der Waals surface area contributed by atoms with Crippen LogP contribution in [0.1, 0.15) is 38.7 Å². The predicted molar refractivity (Wildman–Crippen MR) is 108 cm³/mol. The van der Waals surface area contributed by atoms with Crippen molar-refractivity contribution in [2.45, 2.75) is 39.2 Å². The smallest absolute Gasteiger partial charge is 0.323 e. The highest BCUT2D eigenvalue weighted by Gasteiger charge is 2.21. The topological polar surface area (TPSA) is 87.9 Å². The molecule has 0 spiro atoms. The van der Waals surface area contributed by atoms with Crippen LogP contribution in [0.4, 0.5) is 0 Å². The van der Waals surface area contributed by atoms with Crippen LogP contribution in [-0.4, -0.2) is 38.3 Å². The van der Waals surface area contributed by atoms with E-state index in [1.807, 2.05) is 50.2 Å². The summed E-state index contributed by atoms with van der Waals surface area (Å²) in [4.78, 5) is 24.1. The van der Waals surface area contributed by atoms with E-state index in [-0.39, 0.29) is 25.1 Å². The Morgan fingerprint density at radius 2 is 1.57 bits per heavy atom. The fourth-order valence-electron chi connectivity index (χ4n) is 2.77. The van der Waals surface area contributed by atoms with E-state index in [0.717, 1.165) is 28.5 Å². The van der Waals surface area contributed by atoms with Crippen molar-refractivity contribution in [3.8, 4) is 5.75 Å². The van der Waals surface area contributed by atoms with Crippen molar-refractivity contribution in [2.24, 2.45) is 11.7 Å². The standard InChI is InChI=1S/C22H29NO5/c1-5-14(2)20(23)22(25)28-11-10-27-21(24)15(3)16-6-7-18-13-19(26-4)9-8-17(18)12-16/h6-9,12-15,20H,5,10-11,23H2,1-4H3/t14-,15-,20-/m0/s1. The predicted octanol–water partition coefficient (Wildman–Crippen LogP) is 3.41. The van der Waals surface area contributed by atoms with Gasteiger partial charge in [-0.1, -0.05) is 44.5 Å². The summed E-state index contributed by atoms with van der Waals surface area (Å²) in [7, 11) is 1.63. The van der Waals surface area contributed by atoms with Crippen LogP contribution < -0.4 is 10.5 Å². The summed E-state index contributed by atoms with van der Waals surface area (Å²) in [6.45, 7) is 5.65. The van der Waals surface area contributed by atoms with Crippen LogP contribution in [0.2, 0.25) is 0 Å². The second-order valence-electron chi connectivity index (χ2n) is 6.94. The zero-order valence-corrected chi connectivity index (χ0v) is 16.9. The molecule has 0 heterocycles. The monoisotopic (exact) mass is 387 g/mol. The van der Waals surface area contributed by atoms with Crippen molar-refractivity contribution >= 4 is 22.7 Å². The van der Waals surface area contributed by atoms with Gasteiger partial charge in [0.1, 0.15) is 25.0 Å². The number of benzene rings is 2. The zero-order chi connectivity index (χ0) is 20.7. The summed E-state index contributed by atoms with van der Waals surface area (Å²) < 4.78 is 15.6. The number of hydrogen-bond acceptors (Lipinski definition) is 6. The lowest BCUT2D eigenvalue weighted by Gasteiger charge is -2.17. The van der Waals surface area contributed by atoms with Crippen LogP contribution in [0.3, 0.4) is 0 Å². The Morgan fingerprint density at radius 3 is 2.21 bits per heavy atom. The molecule has 6 nitrogen and oxygen atoms in total. The number of rotatable bonds is 9. The van der Waals surface area contributed by atoms with E-state index in [2.05, 4.69) is 0 Å². The average Bonchev–Trinajstić information content (AvgIpc) is 2.73. The molecule has 2 aromatic rings. The molecular formula is C22H29NO5. The molecular weight excluding hydrogens is 358 g/mol. The number of esters is 2. The van der Waals surface area contributed by atoms with Crippen molar-refractivity contribution in [3.05, 3.63) is 42.0 Å². The fraction of sp³-hybridized carbons (Fsp3) is 0.455. The molecule has 0 aliphatic carbocycles. The lowest BCUT2D eigenvalue weighted by atomic mass is 9.98. The highest BCUT2D eigenvalue weighted by molar-refractivity contribution is 5.86. The van der Waals surface area contributed by atoms with Gasteiger partial charge in [-0.2, -0.15) is 0 Å². The van der Waals surface area contributed by atoms with E-state index in [4.69, 9.17) is 19.9 Å². The van der Waals surface area contributed by atoms with E-state index < -0.39 is 17.9 Å². The minimum absolute atomic E-state index is 0.00105. The largest absolute Gasteiger partial charge is 0.497 e. The molecule has 0 aliphatic heterocycles. The number of nitrogens with two attached hydrogens (primary N) is 1. The van der Waals surface area contributed by atoms with E-state index in [9.17, 15) is 9.59 Å². The average molecular weight is 387 g/mol. The van der Waals surface area contributed by atoms with Crippen molar-refractivity contribution in [3.63, 3.8) is 0 Å². The molecule has 152 valence electrons. The highest BCUT2D eigenvalue weighted by atomic mass is 16.6. The molecule has 28 heavy (non-hydrogen) atoms. The van der Waals surface area contributed by atoms with Gasteiger partial charge in [-0.15, -0.1) is 0 Å². The Morgan fingerprint density at radius 1 is 0.964 bits per heavy atom. The van der Waals surface area contributed by atoms with Crippen LogP contribution >= 0.6 is 0 Å². The Kier molecular flexibility index (Phi) is 7.81. The van der Waals surface area contributed by atoms with Gasteiger partial charge in [-0.05, 0) is 41.3 Å². The molecule has 0 aromatic heterocycles. The van der Waals surface area contributed by atoms with Gasteiger partial charge >= 0.3 is 11.9 Å². The van der Waals surface area contributed by atoms with Crippen molar-refractivity contribution < 1.29 is 23.8 Å². The summed E-state index contributed by atoms with van der Waals surface area (Å²) in [6, 6.07) is 10.9. The molecule has 0 radical (unpaired) electrons. The first-order valence-corrected chi connectivity index (χ1v) is 9.54. The Hall–Kier alpha value is -2.60. The maximum atomic E-state index is 12.3. The SMILES string of the molecule is CC[C@H](C)[C@H](N)C(=O)OCCOC(=O)[C@@H](C)c1ccc2cc(OC)ccc2c1. The first kappa shape index (κ1) is 21.7. The molecule has 0 unspecified atom stereocenters. The molecule has 2 N–H and O–H groups in total. The van der Waals surface area contributed by atoms with Gasteiger partial charge in [0.15, 0.2) is 0 Å². The number of ether oxygens (including phenoxy) is 3. The van der Waals surface area contributed by atoms with Crippen LogP contribution in [0.5, 0.6) is 5.75 Å². The molecule has 0 aliphatic rings. The Bertz CT molecular complexity index is 820. The van der Waals surface area contributed by atoms with Crippen molar-refractivity contribution in [1.82, 2.24) is 0 Å². The van der Waals surface area contributed by atoms with Crippen LogP contribution in [0.15, 0.2) is 36.4 Å². The maximum absolute atomic E-state index is 12.3. The third-order valence-corrected chi connectivity index (χ3v) is 5.03. The molecule has 2 rings (SSSR count). The minimum atomic E-state index is -0.657. The number of hydrogen-bond donors (Lipinski definition) is 1. The van der Waals surface area contributed by atoms with E-state index >= 15 is 0 Å². The van der Waals surface area contributed by atoms with Gasteiger partial charge in [0, 0.05) is 0 Å². The van der Waals surface area contributed by atoms with Gasteiger partial charge in [0.25, 0.3) is 0 Å². The highest BCUT2D eigenvalue weighted by Crippen LogP contribution is 2.25. The lowest BCUT2D eigenvalue weighted by molar-refractivity contribution is -0.154. The van der Waals surface area contributed by atoms with E-state index in [1.54, 1.807) is 14.0 Å². The van der Waals surface area contributed by atoms with Crippen LogP contribution in [0.25, 0.3) is 10.8 Å². The molecule has 0 bridgehead atoms. The van der Waals surface area contributed by atoms with Crippen molar-refractivity contribution in [1.29, 1.82) is 0 Å². The first-order valence-electron chi connectivity index (χ1n) is 9.54.